The monoisotopic (exact) mass is 377 g/mol. The Bertz CT molecular complexity index is 663. The van der Waals surface area contributed by atoms with Crippen LogP contribution in [0.25, 0.3) is 0 Å². The van der Waals surface area contributed by atoms with Crippen molar-refractivity contribution in [2.75, 3.05) is 13.2 Å². The van der Waals surface area contributed by atoms with Crippen LogP contribution in [0.2, 0.25) is 0 Å². The molecular formula is C20H27NO6. The second kappa shape index (κ2) is 10.4. The summed E-state index contributed by atoms with van der Waals surface area (Å²) in [6.45, 7) is 9.95. The fourth-order valence-corrected chi connectivity index (χ4v) is 1.99. The molecule has 1 N–H and O–H groups in total. The Morgan fingerprint density at radius 2 is 1.67 bits per heavy atom. The summed E-state index contributed by atoms with van der Waals surface area (Å²) in [5.74, 6) is -1.20. The zero-order chi connectivity index (χ0) is 20.4. The first-order valence-electron chi connectivity index (χ1n) is 8.61. The highest BCUT2D eigenvalue weighted by atomic mass is 16.6. The molecule has 1 aromatic carbocycles. The highest BCUT2D eigenvalue weighted by Gasteiger charge is 2.26. The average molecular weight is 377 g/mol. The summed E-state index contributed by atoms with van der Waals surface area (Å²) in [5.41, 5.74) is 0.418. The fraction of sp³-hybridized carbons (Fsp3) is 0.450. The number of benzene rings is 1. The maximum atomic E-state index is 12.4. The van der Waals surface area contributed by atoms with Crippen LogP contribution >= 0.6 is 0 Å². The maximum absolute atomic E-state index is 12.4. The fourth-order valence-electron chi connectivity index (χ4n) is 1.99. The normalized spacial score (nSPS) is 11.9. The van der Waals surface area contributed by atoms with Crippen LogP contribution in [0.15, 0.2) is 42.5 Å². The quantitative estimate of drug-likeness (QED) is 0.324. The van der Waals surface area contributed by atoms with E-state index in [-0.39, 0.29) is 25.2 Å². The van der Waals surface area contributed by atoms with E-state index in [2.05, 4.69) is 11.9 Å². The molecule has 27 heavy (non-hydrogen) atoms. The molecular weight excluding hydrogens is 350 g/mol. The first kappa shape index (κ1) is 22.2. The third-order valence-corrected chi connectivity index (χ3v) is 3.17. The third kappa shape index (κ3) is 9.44. The van der Waals surface area contributed by atoms with E-state index in [0.717, 1.165) is 5.56 Å². The zero-order valence-corrected chi connectivity index (χ0v) is 16.2. The smallest absolute Gasteiger partial charge is 0.408 e. The van der Waals surface area contributed by atoms with E-state index in [9.17, 15) is 14.4 Å². The molecule has 0 bridgehead atoms. The van der Waals surface area contributed by atoms with Gasteiger partial charge in [0.15, 0.2) is 0 Å². The van der Waals surface area contributed by atoms with Crippen molar-refractivity contribution in [3.05, 3.63) is 48.0 Å². The number of hydrogen-bond acceptors (Lipinski definition) is 6. The van der Waals surface area contributed by atoms with Gasteiger partial charge in [-0.05, 0) is 33.3 Å². The van der Waals surface area contributed by atoms with Crippen LogP contribution in [-0.2, 0) is 30.2 Å². The molecule has 0 saturated carbocycles. The van der Waals surface area contributed by atoms with Gasteiger partial charge in [-0.25, -0.2) is 14.4 Å². The van der Waals surface area contributed by atoms with Gasteiger partial charge in [0.2, 0.25) is 0 Å². The Morgan fingerprint density at radius 3 is 2.22 bits per heavy atom. The molecule has 7 heteroatoms. The second-order valence-corrected chi connectivity index (χ2v) is 6.97. The molecule has 0 aliphatic heterocycles. The number of hydrogen-bond donors (Lipinski definition) is 1. The molecule has 0 fully saturated rings. The minimum Gasteiger partial charge on any atom is -0.461 e. The summed E-state index contributed by atoms with van der Waals surface area (Å²) in [7, 11) is 0. The Morgan fingerprint density at radius 1 is 1.07 bits per heavy atom. The van der Waals surface area contributed by atoms with E-state index in [1.54, 1.807) is 20.8 Å². The van der Waals surface area contributed by atoms with Crippen molar-refractivity contribution in [3.8, 4) is 0 Å². The Kier molecular flexibility index (Phi) is 8.51. The summed E-state index contributed by atoms with van der Waals surface area (Å²) in [5, 5.41) is 2.53. The maximum Gasteiger partial charge on any atom is 0.408 e. The Hall–Kier alpha value is -2.83. The number of alkyl carbamates (subject to hydrolysis) is 1. The molecule has 0 aliphatic carbocycles. The van der Waals surface area contributed by atoms with Gasteiger partial charge in [0.05, 0.1) is 0 Å². The Balaban J connectivity index is 2.66. The number of amides is 1. The molecule has 0 radical (unpaired) electrons. The molecule has 0 aromatic heterocycles. The van der Waals surface area contributed by atoms with Crippen molar-refractivity contribution < 1.29 is 28.6 Å². The molecule has 148 valence electrons. The molecule has 1 amide bonds. The molecule has 0 aliphatic rings. The summed E-state index contributed by atoms with van der Waals surface area (Å²) in [6.07, 6.45) is -0.473. The van der Waals surface area contributed by atoms with E-state index >= 15 is 0 Å². The second-order valence-electron chi connectivity index (χ2n) is 6.97. The molecule has 7 nitrogen and oxygen atoms in total. The van der Waals surface area contributed by atoms with Crippen LogP contribution in [0.3, 0.4) is 0 Å². The highest BCUT2D eigenvalue weighted by Crippen LogP contribution is 2.09. The predicted molar refractivity (Wildman–Crippen MR) is 100 cm³/mol. The lowest BCUT2D eigenvalue weighted by Gasteiger charge is -2.23. The largest absolute Gasteiger partial charge is 0.461 e. The van der Waals surface area contributed by atoms with Gasteiger partial charge in [0.1, 0.15) is 24.9 Å². The molecule has 1 aromatic rings. The zero-order valence-electron chi connectivity index (χ0n) is 16.2. The van der Waals surface area contributed by atoms with Crippen molar-refractivity contribution in [2.45, 2.75) is 45.8 Å². The molecule has 1 rings (SSSR count). The van der Waals surface area contributed by atoms with Gasteiger partial charge >= 0.3 is 18.0 Å². The topological polar surface area (TPSA) is 90.9 Å². The molecule has 0 saturated heterocycles. The first-order chi connectivity index (χ1) is 12.6. The van der Waals surface area contributed by atoms with Gasteiger partial charge in [-0.1, -0.05) is 36.9 Å². The average Bonchev–Trinajstić information content (AvgIpc) is 2.56. The number of ether oxygens (including phenoxy) is 3. The van der Waals surface area contributed by atoms with Crippen molar-refractivity contribution in [1.29, 1.82) is 0 Å². The number of rotatable bonds is 8. The summed E-state index contributed by atoms with van der Waals surface area (Å²) in [6, 6.07) is 8.27. The van der Waals surface area contributed by atoms with Crippen molar-refractivity contribution >= 4 is 18.0 Å². The van der Waals surface area contributed by atoms with Gasteiger partial charge in [-0.2, -0.15) is 0 Å². The highest BCUT2D eigenvalue weighted by molar-refractivity contribution is 5.87. The van der Waals surface area contributed by atoms with Crippen LogP contribution in [0, 0.1) is 0 Å². The SMILES string of the molecule is C=C(C)C(=O)OCCOC(=O)[C@H](Cc1ccccc1)NC(=O)OC(C)(C)C. The third-order valence-electron chi connectivity index (χ3n) is 3.17. The van der Waals surface area contributed by atoms with Gasteiger partial charge in [0, 0.05) is 12.0 Å². The van der Waals surface area contributed by atoms with Crippen molar-refractivity contribution in [3.63, 3.8) is 0 Å². The van der Waals surface area contributed by atoms with Crippen LogP contribution in [0.4, 0.5) is 4.79 Å². The molecule has 0 unspecified atom stereocenters. The standard InChI is InChI=1S/C20H27NO6/c1-14(2)17(22)25-11-12-26-18(23)16(13-15-9-7-6-8-10-15)21-19(24)27-20(3,4)5/h6-10,16H,1,11-13H2,2-5H3,(H,21,24)/t16-/m0/s1. The van der Waals surface area contributed by atoms with E-state index in [0.29, 0.717) is 0 Å². The lowest BCUT2D eigenvalue weighted by Crippen LogP contribution is -2.45. The molecule has 1 atom stereocenters. The minimum atomic E-state index is -0.931. The number of nitrogens with one attached hydrogen (secondary N) is 1. The van der Waals surface area contributed by atoms with Gasteiger partial charge < -0.3 is 19.5 Å². The predicted octanol–water partition coefficient (Wildman–Crippen LogP) is 2.78. The lowest BCUT2D eigenvalue weighted by molar-refractivity contribution is -0.151. The number of carbonyl (C=O) groups is 3. The summed E-state index contributed by atoms with van der Waals surface area (Å²) in [4.78, 5) is 35.7. The van der Waals surface area contributed by atoms with E-state index in [1.807, 2.05) is 30.3 Å². The van der Waals surface area contributed by atoms with Crippen molar-refractivity contribution in [2.24, 2.45) is 0 Å². The molecule has 0 spiro atoms. The summed E-state index contributed by atoms with van der Waals surface area (Å²) < 4.78 is 15.2. The molecule has 0 heterocycles. The number of carbonyl (C=O) groups excluding carboxylic acids is 3. The van der Waals surface area contributed by atoms with Crippen LogP contribution in [0.5, 0.6) is 0 Å². The van der Waals surface area contributed by atoms with Crippen LogP contribution in [-0.4, -0.2) is 42.9 Å². The van der Waals surface area contributed by atoms with Gasteiger partial charge in [-0.15, -0.1) is 0 Å². The van der Waals surface area contributed by atoms with Crippen LogP contribution < -0.4 is 5.32 Å². The lowest BCUT2D eigenvalue weighted by atomic mass is 10.1. The van der Waals surface area contributed by atoms with Crippen LogP contribution in [0.1, 0.15) is 33.3 Å². The van der Waals surface area contributed by atoms with E-state index in [4.69, 9.17) is 14.2 Å². The number of esters is 2. The first-order valence-corrected chi connectivity index (χ1v) is 8.61. The van der Waals surface area contributed by atoms with Gasteiger partial charge in [0.25, 0.3) is 0 Å². The van der Waals surface area contributed by atoms with Crippen molar-refractivity contribution in [1.82, 2.24) is 5.32 Å². The minimum absolute atomic E-state index is 0.0953. The van der Waals surface area contributed by atoms with E-state index < -0.39 is 29.7 Å². The van der Waals surface area contributed by atoms with Gasteiger partial charge in [-0.3, -0.25) is 0 Å². The Labute approximate surface area is 159 Å². The summed E-state index contributed by atoms with van der Waals surface area (Å²) >= 11 is 0. The van der Waals surface area contributed by atoms with E-state index in [1.165, 1.54) is 6.92 Å².